The fourth-order valence-electron chi connectivity index (χ4n) is 4.31. The van der Waals surface area contributed by atoms with Crippen molar-refractivity contribution in [1.82, 2.24) is 9.80 Å². The summed E-state index contributed by atoms with van der Waals surface area (Å²) in [5.74, 6) is -0.239. The minimum absolute atomic E-state index is 0.0263. The highest BCUT2D eigenvalue weighted by molar-refractivity contribution is 5.94. The van der Waals surface area contributed by atoms with Gasteiger partial charge in [0.2, 0.25) is 5.91 Å². The highest BCUT2D eigenvalue weighted by Crippen LogP contribution is 2.21. The number of hydrogen-bond acceptors (Lipinski definition) is 4. The van der Waals surface area contributed by atoms with Crippen LogP contribution in [0.15, 0.2) is 48.5 Å². The van der Waals surface area contributed by atoms with Crippen LogP contribution in [0.1, 0.15) is 24.0 Å². The van der Waals surface area contributed by atoms with Crippen LogP contribution in [0.3, 0.4) is 0 Å². The Morgan fingerprint density at radius 3 is 2.53 bits per heavy atom. The van der Waals surface area contributed by atoms with Crippen LogP contribution in [-0.4, -0.2) is 61.1 Å². The number of hydrogen-bond donors (Lipinski definition) is 2. The van der Waals surface area contributed by atoms with Gasteiger partial charge < -0.3 is 20.3 Å². The van der Waals surface area contributed by atoms with E-state index in [-0.39, 0.29) is 17.9 Å². The van der Waals surface area contributed by atoms with Crippen LogP contribution in [0.4, 0.5) is 16.2 Å². The second kappa shape index (κ2) is 10.6. The van der Waals surface area contributed by atoms with E-state index in [0.29, 0.717) is 13.1 Å². The number of carbonyl (C=O) groups is 2. The van der Waals surface area contributed by atoms with E-state index in [1.165, 1.54) is 5.56 Å². The number of benzene rings is 2. The first kappa shape index (κ1) is 22.3. The molecular weight excluding hydrogens is 404 g/mol. The molecule has 1 unspecified atom stereocenters. The molecule has 0 radical (unpaired) electrons. The molecule has 2 N–H and O–H groups in total. The number of morpholine rings is 1. The van der Waals surface area contributed by atoms with Crippen LogP contribution in [0.2, 0.25) is 0 Å². The summed E-state index contributed by atoms with van der Waals surface area (Å²) in [6.45, 7) is 7.33. The van der Waals surface area contributed by atoms with Crippen molar-refractivity contribution in [1.29, 1.82) is 0 Å². The van der Waals surface area contributed by atoms with E-state index in [1.54, 1.807) is 4.90 Å². The van der Waals surface area contributed by atoms with Crippen LogP contribution in [0, 0.1) is 12.8 Å². The van der Waals surface area contributed by atoms with Crippen molar-refractivity contribution >= 4 is 23.3 Å². The summed E-state index contributed by atoms with van der Waals surface area (Å²) >= 11 is 0. The lowest BCUT2D eigenvalue weighted by Crippen LogP contribution is -2.45. The minimum atomic E-state index is -0.213. The van der Waals surface area contributed by atoms with Crippen molar-refractivity contribution in [3.8, 4) is 0 Å². The molecule has 2 heterocycles. The third kappa shape index (κ3) is 6.08. The highest BCUT2D eigenvalue weighted by Gasteiger charge is 2.28. The van der Waals surface area contributed by atoms with Gasteiger partial charge in [0.15, 0.2) is 0 Å². The Balaban J connectivity index is 1.32. The fourth-order valence-corrected chi connectivity index (χ4v) is 4.31. The molecule has 7 heteroatoms. The molecule has 32 heavy (non-hydrogen) atoms. The smallest absolute Gasteiger partial charge is 0.321 e. The van der Waals surface area contributed by atoms with E-state index in [9.17, 15) is 9.59 Å². The van der Waals surface area contributed by atoms with E-state index in [0.717, 1.165) is 62.6 Å². The second-order valence-corrected chi connectivity index (χ2v) is 8.66. The van der Waals surface area contributed by atoms with Gasteiger partial charge in [0.05, 0.1) is 19.1 Å². The number of rotatable bonds is 5. The van der Waals surface area contributed by atoms with Gasteiger partial charge in [0, 0.05) is 44.1 Å². The van der Waals surface area contributed by atoms with Gasteiger partial charge in [0.25, 0.3) is 0 Å². The fraction of sp³-hybridized carbons (Fsp3) is 0.440. The Hall–Kier alpha value is -2.90. The highest BCUT2D eigenvalue weighted by atomic mass is 16.5. The molecule has 2 aromatic carbocycles. The molecule has 0 bridgehead atoms. The van der Waals surface area contributed by atoms with Gasteiger partial charge in [-0.3, -0.25) is 9.69 Å². The molecule has 170 valence electrons. The number of urea groups is 1. The molecule has 3 amide bonds. The van der Waals surface area contributed by atoms with Gasteiger partial charge >= 0.3 is 6.03 Å². The van der Waals surface area contributed by atoms with Crippen LogP contribution >= 0.6 is 0 Å². The number of aryl methyl sites for hydroxylation is 1. The number of carbonyl (C=O) groups excluding carboxylic acids is 2. The Bertz CT molecular complexity index is 942. The van der Waals surface area contributed by atoms with Gasteiger partial charge in [0.1, 0.15) is 0 Å². The summed E-state index contributed by atoms with van der Waals surface area (Å²) in [5.41, 5.74) is 3.85. The first-order chi connectivity index (χ1) is 15.6. The largest absolute Gasteiger partial charge is 0.379 e. The predicted molar refractivity (Wildman–Crippen MR) is 126 cm³/mol. The normalized spacial score (nSPS) is 19.4. The van der Waals surface area contributed by atoms with Gasteiger partial charge in [-0.25, -0.2) is 4.79 Å². The van der Waals surface area contributed by atoms with E-state index in [1.807, 2.05) is 49.4 Å². The van der Waals surface area contributed by atoms with Gasteiger partial charge in [-0.1, -0.05) is 24.3 Å². The molecule has 0 spiro atoms. The molecule has 4 rings (SSSR count). The van der Waals surface area contributed by atoms with Crippen molar-refractivity contribution in [3.63, 3.8) is 0 Å². The zero-order chi connectivity index (χ0) is 22.3. The average Bonchev–Trinajstić information content (AvgIpc) is 2.80. The lowest BCUT2D eigenvalue weighted by Gasteiger charge is -2.32. The monoisotopic (exact) mass is 436 g/mol. The number of anilines is 2. The van der Waals surface area contributed by atoms with E-state index in [4.69, 9.17) is 4.74 Å². The summed E-state index contributed by atoms with van der Waals surface area (Å²) in [5, 5.41) is 6.01. The van der Waals surface area contributed by atoms with Crippen molar-refractivity contribution in [2.24, 2.45) is 5.92 Å². The molecule has 0 saturated carbocycles. The molecule has 7 nitrogen and oxygen atoms in total. The van der Waals surface area contributed by atoms with Gasteiger partial charge in [-0.05, 0) is 55.2 Å². The summed E-state index contributed by atoms with van der Waals surface area (Å²) < 4.78 is 5.41. The van der Waals surface area contributed by atoms with E-state index in [2.05, 4.69) is 21.6 Å². The Morgan fingerprint density at radius 1 is 1.00 bits per heavy atom. The number of nitrogens with one attached hydrogen (secondary N) is 2. The summed E-state index contributed by atoms with van der Waals surface area (Å²) in [7, 11) is 0. The summed E-state index contributed by atoms with van der Waals surface area (Å²) in [6, 6.07) is 15.6. The number of piperidine rings is 1. The molecule has 2 aliphatic heterocycles. The Kier molecular flexibility index (Phi) is 7.39. The number of nitrogens with zero attached hydrogens (tertiary/aromatic N) is 2. The standard InChI is InChI=1S/C25H32N4O3/c1-19-5-2-8-22(15-19)27-25(31)29-10-4-7-21(18-29)24(30)26-23-9-3-6-20(16-23)17-28-11-13-32-14-12-28/h2-3,5-6,8-9,15-16,21H,4,7,10-14,17-18H2,1H3,(H,26,30)(H,27,31). The quantitative estimate of drug-likeness (QED) is 0.749. The molecular formula is C25H32N4O3. The molecule has 2 saturated heterocycles. The number of ether oxygens (including phenoxy) is 1. The van der Waals surface area contributed by atoms with Crippen molar-refractivity contribution < 1.29 is 14.3 Å². The van der Waals surface area contributed by atoms with Crippen molar-refractivity contribution in [2.75, 3.05) is 50.0 Å². The van der Waals surface area contributed by atoms with Crippen molar-refractivity contribution in [3.05, 3.63) is 59.7 Å². The minimum Gasteiger partial charge on any atom is -0.379 e. The van der Waals surface area contributed by atoms with Crippen LogP contribution in [-0.2, 0) is 16.1 Å². The maximum atomic E-state index is 12.9. The summed E-state index contributed by atoms with van der Waals surface area (Å²) in [6.07, 6.45) is 1.60. The number of likely N-dealkylation sites (tertiary alicyclic amines) is 1. The van der Waals surface area contributed by atoms with Crippen LogP contribution in [0.5, 0.6) is 0 Å². The van der Waals surface area contributed by atoms with E-state index < -0.39 is 0 Å². The second-order valence-electron chi connectivity index (χ2n) is 8.66. The topological polar surface area (TPSA) is 73.9 Å². The summed E-state index contributed by atoms with van der Waals surface area (Å²) in [4.78, 5) is 29.8. The van der Waals surface area contributed by atoms with E-state index >= 15 is 0 Å². The third-order valence-electron chi connectivity index (χ3n) is 6.05. The van der Waals surface area contributed by atoms with Crippen LogP contribution in [0.25, 0.3) is 0 Å². The zero-order valence-corrected chi connectivity index (χ0v) is 18.7. The molecule has 0 aliphatic carbocycles. The Morgan fingerprint density at radius 2 is 1.75 bits per heavy atom. The molecule has 2 aromatic rings. The first-order valence-corrected chi connectivity index (χ1v) is 11.4. The third-order valence-corrected chi connectivity index (χ3v) is 6.05. The molecule has 2 fully saturated rings. The Labute approximate surface area is 189 Å². The van der Waals surface area contributed by atoms with Crippen molar-refractivity contribution in [2.45, 2.75) is 26.3 Å². The SMILES string of the molecule is Cc1cccc(NC(=O)N2CCCC(C(=O)Nc3cccc(CN4CCOCC4)c3)C2)c1. The lowest BCUT2D eigenvalue weighted by atomic mass is 9.97. The number of amides is 3. The zero-order valence-electron chi connectivity index (χ0n) is 18.7. The van der Waals surface area contributed by atoms with Gasteiger partial charge in [-0.2, -0.15) is 0 Å². The van der Waals surface area contributed by atoms with Crippen LogP contribution < -0.4 is 10.6 Å². The lowest BCUT2D eigenvalue weighted by molar-refractivity contribution is -0.121. The molecule has 2 aliphatic rings. The predicted octanol–water partition coefficient (Wildman–Crippen LogP) is 3.71. The molecule has 0 aromatic heterocycles. The average molecular weight is 437 g/mol. The van der Waals surface area contributed by atoms with Gasteiger partial charge in [-0.15, -0.1) is 0 Å². The maximum Gasteiger partial charge on any atom is 0.321 e. The first-order valence-electron chi connectivity index (χ1n) is 11.4. The maximum absolute atomic E-state index is 12.9. The molecule has 1 atom stereocenters.